The predicted octanol–water partition coefficient (Wildman–Crippen LogP) is 5.43. The molecule has 33 heavy (non-hydrogen) atoms. The van der Waals surface area contributed by atoms with Crippen LogP contribution in [0.15, 0.2) is 55.2 Å². The molecule has 0 unspecified atom stereocenters. The summed E-state index contributed by atoms with van der Waals surface area (Å²) in [5.74, 6) is 0.493. The van der Waals surface area contributed by atoms with Crippen molar-refractivity contribution in [3.05, 3.63) is 67.1 Å². The summed E-state index contributed by atoms with van der Waals surface area (Å²) in [6, 6.07) is 10.7. The summed E-state index contributed by atoms with van der Waals surface area (Å²) in [6.45, 7) is 9.23. The van der Waals surface area contributed by atoms with Crippen LogP contribution in [0.3, 0.4) is 0 Å². The van der Waals surface area contributed by atoms with E-state index in [1.807, 2.05) is 26.8 Å². The van der Waals surface area contributed by atoms with Crippen LogP contribution < -0.4 is 10.3 Å². The smallest absolute Gasteiger partial charge is 0.344 e. The van der Waals surface area contributed by atoms with Crippen LogP contribution in [-0.4, -0.2) is 34.6 Å². The molecule has 0 radical (unpaired) electrons. The van der Waals surface area contributed by atoms with Crippen LogP contribution in [0.1, 0.15) is 46.0 Å². The van der Waals surface area contributed by atoms with Crippen molar-refractivity contribution in [1.82, 2.24) is 9.66 Å². The zero-order chi connectivity index (χ0) is 24.3. The van der Waals surface area contributed by atoms with Crippen LogP contribution in [0.4, 0.5) is 0 Å². The van der Waals surface area contributed by atoms with E-state index in [0.29, 0.717) is 28.0 Å². The van der Waals surface area contributed by atoms with Gasteiger partial charge in [0.25, 0.3) is 5.56 Å². The van der Waals surface area contributed by atoms with E-state index in [2.05, 4.69) is 37.0 Å². The van der Waals surface area contributed by atoms with Crippen molar-refractivity contribution in [2.45, 2.75) is 46.1 Å². The maximum absolute atomic E-state index is 13.3. The molecule has 2 aromatic carbocycles. The van der Waals surface area contributed by atoms with Crippen molar-refractivity contribution in [3.63, 3.8) is 0 Å². The summed E-state index contributed by atoms with van der Waals surface area (Å²) < 4.78 is 13.7. The van der Waals surface area contributed by atoms with Crippen LogP contribution >= 0.6 is 31.9 Å². The third-order valence-corrected chi connectivity index (χ3v) is 5.46. The number of fused-ring (bicyclic) bond motifs is 1. The number of ether oxygens (including phenoxy) is 2. The molecule has 0 fully saturated rings. The minimum atomic E-state index is -0.466. The second-order valence-electron chi connectivity index (χ2n) is 8.72. The van der Waals surface area contributed by atoms with Gasteiger partial charge in [-0.25, -0.2) is 9.78 Å². The van der Waals surface area contributed by atoms with E-state index in [1.165, 1.54) is 10.9 Å². The van der Waals surface area contributed by atoms with Gasteiger partial charge in [-0.3, -0.25) is 4.79 Å². The normalized spacial score (nSPS) is 12.0. The molecular weight excluding hydrogens is 554 g/mol. The van der Waals surface area contributed by atoms with Crippen LogP contribution in [0, 0.1) is 0 Å². The van der Waals surface area contributed by atoms with Crippen molar-refractivity contribution in [2.75, 3.05) is 6.61 Å². The van der Waals surface area contributed by atoms with Gasteiger partial charge in [-0.1, -0.05) is 52.6 Å². The van der Waals surface area contributed by atoms with E-state index in [-0.39, 0.29) is 18.3 Å². The summed E-state index contributed by atoms with van der Waals surface area (Å²) >= 11 is 6.85. The number of benzene rings is 2. The summed E-state index contributed by atoms with van der Waals surface area (Å²) in [5, 5.41) is 4.94. The quantitative estimate of drug-likeness (QED) is 0.288. The summed E-state index contributed by atoms with van der Waals surface area (Å²) in [6.07, 6.45) is 1.30. The Morgan fingerprint density at radius 3 is 2.48 bits per heavy atom. The minimum absolute atomic E-state index is 0.227. The zero-order valence-corrected chi connectivity index (χ0v) is 22.2. The highest BCUT2D eigenvalue weighted by Crippen LogP contribution is 2.24. The Kier molecular flexibility index (Phi) is 7.74. The molecule has 0 aliphatic rings. The predicted molar refractivity (Wildman–Crippen MR) is 136 cm³/mol. The largest absolute Gasteiger partial charge is 0.481 e. The Balaban J connectivity index is 2.05. The number of hydrogen-bond donors (Lipinski definition) is 0. The number of halogens is 2. The lowest BCUT2D eigenvalue weighted by molar-refractivity contribution is -0.149. The van der Waals surface area contributed by atoms with E-state index >= 15 is 0 Å². The van der Waals surface area contributed by atoms with Gasteiger partial charge in [0.2, 0.25) is 0 Å². The van der Waals surface area contributed by atoms with Gasteiger partial charge >= 0.3 is 5.97 Å². The Bertz CT molecular complexity index is 1280. The van der Waals surface area contributed by atoms with E-state index in [1.54, 1.807) is 44.2 Å². The van der Waals surface area contributed by atoms with Gasteiger partial charge in [0.15, 0.2) is 6.61 Å². The van der Waals surface area contributed by atoms with E-state index < -0.39 is 11.4 Å². The zero-order valence-electron chi connectivity index (χ0n) is 19.1. The fourth-order valence-corrected chi connectivity index (χ4v) is 3.79. The number of nitrogens with zero attached hydrogens (tertiary/aromatic N) is 3. The molecule has 0 saturated heterocycles. The SMILES string of the molecule is CC(C)OC(=O)COc1ccc(Br)cc1C=Nn1c(C(C)(C)C)nc2ccc(Br)cc2c1=O. The molecule has 0 saturated carbocycles. The first-order chi connectivity index (χ1) is 15.5. The van der Waals surface area contributed by atoms with Crippen molar-refractivity contribution in [2.24, 2.45) is 5.10 Å². The average molecular weight is 579 g/mol. The topological polar surface area (TPSA) is 82.8 Å². The number of esters is 1. The highest BCUT2D eigenvalue weighted by Gasteiger charge is 2.23. The molecule has 0 amide bonds. The number of carbonyl (C=O) groups is 1. The van der Waals surface area contributed by atoms with E-state index in [9.17, 15) is 9.59 Å². The molecule has 0 atom stereocenters. The molecule has 1 aromatic heterocycles. The number of hydrogen-bond acceptors (Lipinski definition) is 6. The molecule has 3 rings (SSSR count). The third kappa shape index (κ3) is 6.29. The second-order valence-corrected chi connectivity index (χ2v) is 10.5. The fraction of sp³-hybridized carbons (Fsp3) is 0.333. The molecule has 1 heterocycles. The molecule has 0 bridgehead atoms. The first-order valence-corrected chi connectivity index (χ1v) is 11.9. The molecule has 9 heteroatoms. The lowest BCUT2D eigenvalue weighted by Crippen LogP contribution is -2.29. The Morgan fingerprint density at radius 2 is 1.82 bits per heavy atom. The number of rotatable bonds is 6. The lowest BCUT2D eigenvalue weighted by Gasteiger charge is -2.21. The highest BCUT2D eigenvalue weighted by molar-refractivity contribution is 9.10. The fourth-order valence-electron chi connectivity index (χ4n) is 3.05. The average Bonchev–Trinajstić information content (AvgIpc) is 2.71. The summed E-state index contributed by atoms with van der Waals surface area (Å²) in [4.78, 5) is 29.9. The van der Waals surface area contributed by atoms with Crippen LogP contribution in [0.2, 0.25) is 0 Å². The minimum Gasteiger partial charge on any atom is -0.481 e. The van der Waals surface area contributed by atoms with Gasteiger partial charge < -0.3 is 9.47 Å². The van der Waals surface area contributed by atoms with Gasteiger partial charge in [0.1, 0.15) is 11.6 Å². The summed E-state index contributed by atoms with van der Waals surface area (Å²) in [5.41, 5.74) is 0.479. The molecule has 0 N–H and O–H groups in total. The summed E-state index contributed by atoms with van der Waals surface area (Å²) in [7, 11) is 0. The number of carbonyl (C=O) groups excluding carboxylic acids is 1. The molecule has 0 aliphatic heterocycles. The van der Waals surface area contributed by atoms with Crippen molar-refractivity contribution in [3.8, 4) is 5.75 Å². The second kappa shape index (κ2) is 10.2. The molecule has 3 aromatic rings. The van der Waals surface area contributed by atoms with Gasteiger partial charge in [-0.05, 0) is 50.2 Å². The maximum atomic E-state index is 13.3. The first-order valence-electron chi connectivity index (χ1n) is 10.3. The number of aromatic nitrogens is 2. The van der Waals surface area contributed by atoms with Crippen molar-refractivity contribution >= 4 is 54.9 Å². The highest BCUT2D eigenvalue weighted by atomic mass is 79.9. The van der Waals surface area contributed by atoms with E-state index in [4.69, 9.17) is 14.5 Å². The maximum Gasteiger partial charge on any atom is 0.344 e. The van der Waals surface area contributed by atoms with Gasteiger partial charge in [0, 0.05) is 19.9 Å². The van der Waals surface area contributed by atoms with Gasteiger partial charge in [-0.2, -0.15) is 9.78 Å². The Morgan fingerprint density at radius 1 is 1.15 bits per heavy atom. The molecule has 0 aliphatic carbocycles. The standard InChI is InChI=1S/C24H25Br2N3O4/c1-14(2)33-21(30)13-32-20-9-7-16(25)10-15(20)12-27-29-22(31)18-11-17(26)6-8-19(18)28-23(29)24(3,4)5/h6-12,14H,13H2,1-5H3. The first kappa shape index (κ1) is 25.1. The van der Waals surface area contributed by atoms with Crippen LogP contribution in [0.25, 0.3) is 10.9 Å². The van der Waals surface area contributed by atoms with Crippen molar-refractivity contribution in [1.29, 1.82) is 0 Å². The monoisotopic (exact) mass is 577 g/mol. The Labute approximate surface area is 209 Å². The van der Waals surface area contributed by atoms with Crippen LogP contribution in [-0.2, 0) is 14.9 Å². The van der Waals surface area contributed by atoms with Crippen LogP contribution in [0.5, 0.6) is 5.75 Å². The third-order valence-electron chi connectivity index (χ3n) is 4.48. The van der Waals surface area contributed by atoms with Gasteiger partial charge in [-0.15, -0.1) is 0 Å². The molecular formula is C24H25Br2N3O4. The van der Waals surface area contributed by atoms with Crippen molar-refractivity contribution < 1.29 is 14.3 Å². The lowest BCUT2D eigenvalue weighted by atomic mass is 9.95. The van der Waals surface area contributed by atoms with E-state index in [0.717, 1.165) is 8.95 Å². The molecule has 174 valence electrons. The Hall–Kier alpha value is -2.52. The molecule has 7 nitrogen and oxygen atoms in total. The molecule has 0 spiro atoms. The van der Waals surface area contributed by atoms with Gasteiger partial charge in [0.05, 0.1) is 23.2 Å².